The molecule has 1 aliphatic rings. The van der Waals surface area contributed by atoms with E-state index in [1.54, 1.807) is 18.2 Å². The fourth-order valence-corrected chi connectivity index (χ4v) is 2.74. The summed E-state index contributed by atoms with van der Waals surface area (Å²) in [6.07, 6.45) is 4.74. The van der Waals surface area contributed by atoms with E-state index in [2.05, 4.69) is 5.32 Å². The lowest BCUT2D eigenvalue weighted by Crippen LogP contribution is -2.34. The van der Waals surface area contributed by atoms with Gasteiger partial charge >= 0.3 is 0 Å². The quantitative estimate of drug-likeness (QED) is 0.891. The van der Waals surface area contributed by atoms with E-state index in [1.165, 1.54) is 6.42 Å². The van der Waals surface area contributed by atoms with Crippen molar-refractivity contribution < 1.29 is 9.90 Å². The molecule has 0 heterocycles. The summed E-state index contributed by atoms with van der Waals surface area (Å²) in [4.78, 5) is 12.0. The summed E-state index contributed by atoms with van der Waals surface area (Å²) in [7, 11) is 0. The molecule has 1 saturated carbocycles. The largest absolute Gasteiger partial charge is 0.387 e. The molecule has 0 bridgehead atoms. The molecule has 0 aliphatic heterocycles. The number of aliphatic hydroxyl groups excluding tert-OH is 1. The highest BCUT2D eigenvalue weighted by Crippen LogP contribution is 2.24. The Bertz CT molecular complexity index is 430. The van der Waals surface area contributed by atoms with Crippen LogP contribution in [0.3, 0.4) is 0 Å². The lowest BCUT2D eigenvalue weighted by Gasteiger charge is -2.21. The van der Waals surface area contributed by atoms with Crippen LogP contribution in [-0.2, 0) is 4.79 Å². The summed E-state index contributed by atoms with van der Waals surface area (Å²) in [6.45, 7) is 0.246. The first kappa shape index (κ1) is 14.4. The van der Waals surface area contributed by atoms with Crippen LogP contribution >= 0.6 is 11.6 Å². The van der Waals surface area contributed by atoms with Gasteiger partial charge in [0.1, 0.15) is 0 Å². The Balaban J connectivity index is 1.82. The molecule has 1 amide bonds. The van der Waals surface area contributed by atoms with E-state index in [9.17, 15) is 9.90 Å². The highest BCUT2D eigenvalue weighted by molar-refractivity contribution is 6.30. The van der Waals surface area contributed by atoms with Crippen LogP contribution in [0.1, 0.15) is 43.8 Å². The van der Waals surface area contributed by atoms with Crippen LogP contribution < -0.4 is 5.32 Å². The molecule has 0 aromatic heterocycles. The summed E-state index contributed by atoms with van der Waals surface area (Å²) in [6, 6.07) is 7.09. The van der Waals surface area contributed by atoms with Crippen molar-refractivity contribution in [1.29, 1.82) is 0 Å². The van der Waals surface area contributed by atoms with Gasteiger partial charge in [-0.1, -0.05) is 43.0 Å². The molecule has 0 saturated heterocycles. The van der Waals surface area contributed by atoms with E-state index in [4.69, 9.17) is 11.6 Å². The second-order valence-electron chi connectivity index (χ2n) is 5.15. The number of aliphatic hydroxyl groups is 1. The van der Waals surface area contributed by atoms with Crippen molar-refractivity contribution >= 4 is 17.5 Å². The molecule has 1 aromatic rings. The first-order valence-electron chi connectivity index (χ1n) is 6.88. The van der Waals surface area contributed by atoms with Gasteiger partial charge in [-0.05, 0) is 30.5 Å². The van der Waals surface area contributed by atoms with Crippen LogP contribution in [0.25, 0.3) is 0 Å². The Morgan fingerprint density at radius 1 is 1.37 bits per heavy atom. The van der Waals surface area contributed by atoms with Crippen LogP contribution in [0, 0.1) is 5.92 Å². The number of rotatable bonds is 4. The summed E-state index contributed by atoms with van der Waals surface area (Å²) >= 11 is 5.87. The third-order valence-electron chi connectivity index (χ3n) is 3.68. The molecule has 4 heteroatoms. The van der Waals surface area contributed by atoms with Gasteiger partial charge in [0.2, 0.25) is 5.91 Å². The van der Waals surface area contributed by atoms with Crippen molar-refractivity contribution in [1.82, 2.24) is 5.32 Å². The Morgan fingerprint density at radius 3 is 2.79 bits per heavy atom. The maximum absolute atomic E-state index is 12.0. The minimum absolute atomic E-state index is 0.0702. The normalized spacial score (nSPS) is 18.0. The van der Waals surface area contributed by atoms with Gasteiger partial charge in [-0.15, -0.1) is 0 Å². The average molecular weight is 282 g/mol. The van der Waals surface area contributed by atoms with E-state index in [0.717, 1.165) is 31.2 Å². The molecule has 1 fully saturated rings. The SMILES string of the molecule is O=C(NC[C@@H](O)c1cccc(Cl)c1)C1CCCCC1. The molecular weight excluding hydrogens is 262 g/mol. The van der Waals surface area contributed by atoms with Crippen molar-refractivity contribution in [2.75, 3.05) is 6.54 Å². The van der Waals surface area contributed by atoms with E-state index < -0.39 is 6.10 Å². The number of halogens is 1. The second kappa shape index (κ2) is 6.92. The van der Waals surface area contributed by atoms with Crippen LogP contribution in [0.2, 0.25) is 5.02 Å². The number of hydrogen-bond acceptors (Lipinski definition) is 2. The number of nitrogens with one attached hydrogen (secondary N) is 1. The van der Waals surface area contributed by atoms with Gasteiger partial charge in [0.05, 0.1) is 6.10 Å². The highest BCUT2D eigenvalue weighted by Gasteiger charge is 2.21. The van der Waals surface area contributed by atoms with Crippen molar-refractivity contribution in [3.63, 3.8) is 0 Å². The summed E-state index contributed by atoms with van der Waals surface area (Å²) < 4.78 is 0. The molecule has 1 aromatic carbocycles. The molecule has 19 heavy (non-hydrogen) atoms. The van der Waals surface area contributed by atoms with Gasteiger partial charge in [-0.2, -0.15) is 0 Å². The highest BCUT2D eigenvalue weighted by atomic mass is 35.5. The number of amides is 1. The molecule has 1 aliphatic carbocycles. The number of carbonyl (C=O) groups is 1. The van der Waals surface area contributed by atoms with Gasteiger partial charge in [-0.25, -0.2) is 0 Å². The summed E-state index contributed by atoms with van der Waals surface area (Å²) in [5.41, 5.74) is 0.733. The van der Waals surface area contributed by atoms with Gasteiger partial charge < -0.3 is 10.4 Å². The average Bonchev–Trinajstić information content (AvgIpc) is 2.45. The van der Waals surface area contributed by atoms with Crippen molar-refractivity contribution in [3.05, 3.63) is 34.9 Å². The molecule has 0 radical (unpaired) electrons. The van der Waals surface area contributed by atoms with Crippen molar-refractivity contribution in [3.8, 4) is 0 Å². The third kappa shape index (κ3) is 4.22. The predicted octanol–water partition coefficient (Wildman–Crippen LogP) is 3.07. The van der Waals surface area contributed by atoms with Crippen LogP contribution in [0.5, 0.6) is 0 Å². The van der Waals surface area contributed by atoms with Gasteiger partial charge in [0.25, 0.3) is 0 Å². The zero-order chi connectivity index (χ0) is 13.7. The lowest BCUT2D eigenvalue weighted by molar-refractivity contribution is -0.126. The second-order valence-corrected chi connectivity index (χ2v) is 5.59. The number of carbonyl (C=O) groups excluding carboxylic acids is 1. The standard InChI is InChI=1S/C15H20ClNO2/c16-13-8-4-7-12(9-13)14(18)10-17-15(19)11-5-2-1-3-6-11/h4,7-9,11,14,18H,1-3,5-6,10H2,(H,17,19)/t14-/m1/s1. The summed E-state index contributed by atoms with van der Waals surface area (Å²) in [5.74, 6) is 0.195. The van der Waals surface area contributed by atoms with Crippen LogP contribution in [-0.4, -0.2) is 17.6 Å². The van der Waals surface area contributed by atoms with E-state index in [-0.39, 0.29) is 18.4 Å². The Kier molecular flexibility index (Phi) is 5.23. The fraction of sp³-hybridized carbons (Fsp3) is 0.533. The van der Waals surface area contributed by atoms with E-state index in [0.29, 0.717) is 5.02 Å². The Hall–Kier alpha value is -1.06. The van der Waals surface area contributed by atoms with Gasteiger partial charge in [-0.3, -0.25) is 4.79 Å². The lowest BCUT2D eigenvalue weighted by atomic mass is 9.88. The third-order valence-corrected chi connectivity index (χ3v) is 3.91. The molecule has 1 atom stereocenters. The van der Waals surface area contributed by atoms with E-state index >= 15 is 0 Å². The zero-order valence-corrected chi connectivity index (χ0v) is 11.7. The topological polar surface area (TPSA) is 49.3 Å². The molecule has 0 spiro atoms. The Morgan fingerprint density at radius 2 is 2.11 bits per heavy atom. The number of hydrogen-bond donors (Lipinski definition) is 2. The first-order valence-corrected chi connectivity index (χ1v) is 7.26. The van der Waals surface area contributed by atoms with Gasteiger partial charge in [0, 0.05) is 17.5 Å². The van der Waals surface area contributed by atoms with Crippen molar-refractivity contribution in [2.24, 2.45) is 5.92 Å². The van der Waals surface area contributed by atoms with Crippen molar-refractivity contribution in [2.45, 2.75) is 38.2 Å². The smallest absolute Gasteiger partial charge is 0.223 e. The molecule has 0 unspecified atom stereocenters. The molecule has 104 valence electrons. The monoisotopic (exact) mass is 281 g/mol. The van der Waals surface area contributed by atoms with Crippen LogP contribution in [0.15, 0.2) is 24.3 Å². The first-order chi connectivity index (χ1) is 9.16. The van der Waals surface area contributed by atoms with E-state index in [1.807, 2.05) is 6.07 Å². The molecular formula is C15H20ClNO2. The minimum Gasteiger partial charge on any atom is -0.387 e. The fourth-order valence-electron chi connectivity index (χ4n) is 2.54. The van der Waals surface area contributed by atoms with Gasteiger partial charge in [0.15, 0.2) is 0 Å². The number of benzene rings is 1. The maximum Gasteiger partial charge on any atom is 0.223 e. The van der Waals surface area contributed by atoms with Crippen LogP contribution in [0.4, 0.5) is 0 Å². The Labute approximate surface area is 119 Å². The molecule has 3 nitrogen and oxygen atoms in total. The maximum atomic E-state index is 12.0. The molecule has 2 rings (SSSR count). The minimum atomic E-state index is -0.703. The predicted molar refractivity (Wildman–Crippen MR) is 76.0 cm³/mol. The molecule has 2 N–H and O–H groups in total. The zero-order valence-electron chi connectivity index (χ0n) is 10.9. The summed E-state index contributed by atoms with van der Waals surface area (Å²) in [5, 5.41) is 13.4.